The number of carbonyl (C=O) groups is 1. The monoisotopic (exact) mass is 317 g/mol. The normalized spacial score (nSPS) is 28.1. The lowest BCUT2D eigenvalue weighted by Crippen LogP contribution is -2.59. The summed E-state index contributed by atoms with van der Waals surface area (Å²) in [5.74, 6) is 0.495. The summed E-state index contributed by atoms with van der Waals surface area (Å²) >= 11 is 0. The van der Waals surface area contributed by atoms with E-state index in [1.165, 1.54) is 13.3 Å². The molecule has 0 bridgehead atoms. The van der Waals surface area contributed by atoms with Crippen molar-refractivity contribution < 1.29 is 9.53 Å². The van der Waals surface area contributed by atoms with E-state index in [1.807, 2.05) is 30.3 Å². The number of rotatable bonds is 5. The second-order valence-corrected chi connectivity index (χ2v) is 8.13. The van der Waals surface area contributed by atoms with Crippen molar-refractivity contribution in [2.24, 2.45) is 5.92 Å². The van der Waals surface area contributed by atoms with Crippen LogP contribution in [0.25, 0.3) is 0 Å². The van der Waals surface area contributed by atoms with Gasteiger partial charge < -0.3 is 10.1 Å². The lowest BCUT2D eigenvalue weighted by Gasteiger charge is -2.48. The molecule has 3 atom stereocenters. The summed E-state index contributed by atoms with van der Waals surface area (Å²) in [6.45, 7) is 10.7. The van der Waals surface area contributed by atoms with Gasteiger partial charge in [0.05, 0.1) is 0 Å². The summed E-state index contributed by atoms with van der Waals surface area (Å²) < 4.78 is 5.58. The zero-order valence-corrected chi connectivity index (χ0v) is 15.2. The minimum Gasteiger partial charge on any atom is -0.458 e. The van der Waals surface area contributed by atoms with E-state index in [0.29, 0.717) is 5.92 Å². The molecule has 128 valence electrons. The van der Waals surface area contributed by atoms with Gasteiger partial charge in [0.2, 0.25) is 0 Å². The zero-order chi connectivity index (χ0) is 17.1. The van der Waals surface area contributed by atoms with Gasteiger partial charge >= 0.3 is 5.97 Å². The first-order valence-corrected chi connectivity index (χ1v) is 8.71. The van der Waals surface area contributed by atoms with Crippen LogP contribution in [0.2, 0.25) is 0 Å². The number of hydrogen-bond acceptors (Lipinski definition) is 3. The van der Waals surface area contributed by atoms with E-state index in [-0.39, 0.29) is 23.2 Å². The predicted molar refractivity (Wildman–Crippen MR) is 94.2 cm³/mol. The van der Waals surface area contributed by atoms with E-state index >= 15 is 0 Å². The van der Waals surface area contributed by atoms with E-state index in [4.69, 9.17) is 4.74 Å². The molecule has 0 saturated carbocycles. The summed E-state index contributed by atoms with van der Waals surface area (Å²) in [7, 11) is 0. The second-order valence-electron chi connectivity index (χ2n) is 8.13. The van der Waals surface area contributed by atoms with E-state index in [0.717, 1.165) is 24.8 Å². The fraction of sp³-hybridized carbons (Fsp3) is 0.650. The first-order valence-electron chi connectivity index (χ1n) is 8.71. The van der Waals surface area contributed by atoms with Gasteiger partial charge in [-0.15, -0.1) is 0 Å². The minimum absolute atomic E-state index is 0.0916. The quantitative estimate of drug-likeness (QED) is 0.805. The van der Waals surface area contributed by atoms with Gasteiger partial charge in [0.15, 0.2) is 0 Å². The highest BCUT2D eigenvalue weighted by Crippen LogP contribution is 2.37. The number of esters is 1. The Balaban J connectivity index is 2.07. The van der Waals surface area contributed by atoms with Crippen LogP contribution in [0, 0.1) is 5.92 Å². The molecule has 0 amide bonds. The van der Waals surface area contributed by atoms with Crippen LogP contribution in [0.1, 0.15) is 72.0 Å². The average Bonchev–Trinajstić information content (AvgIpc) is 2.41. The van der Waals surface area contributed by atoms with Gasteiger partial charge in [-0.05, 0) is 57.9 Å². The van der Waals surface area contributed by atoms with Gasteiger partial charge in [-0.3, -0.25) is 4.79 Å². The number of carbonyl (C=O) groups excluding carboxylic acids is 1. The number of hydrogen-bond donors (Lipinski definition) is 1. The van der Waals surface area contributed by atoms with E-state index in [2.05, 4.69) is 33.0 Å². The Hall–Kier alpha value is -1.35. The van der Waals surface area contributed by atoms with Crippen LogP contribution in [0.3, 0.4) is 0 Å². The van der Waals surface area contributed by atoms with Crippen LogP contribution < -0.4 is 5.32 Å². The largest absolute Gasteiger partial charge is 0.458 e. The molecule has 1 aromatic rings. The van der Waals surface area contributed by atoms with Crippen LogP contribution in [0.5, 0.6) is 0 Å². The third kappa shape index (κ3) is 5.35. The van der Waals surface area contributed by atoms with E-state index in [1.54, 1.807) is 0 Å². The third-order valence-corrected chi connectivity index (χ3v) is 4.74. The summed E-state index contributed by atoms with van der Waals surface area (Å²) in [6.07, 6.45) is 4.04. The molecule has 3 heteroatoms. The SMILES string of the molecule is CC(=O)OC(CCC1(C)CC(C)CC(C)(C)N1)c1ccccc1. The molecule has 0 aromatic heterocycles. The predicted octanol–water partition coefficient (Wildman–Crippen LogP) is 4.63. The summed E-state index contributed by atoms with van der Waals surface area (Å²) in [5, 5.41) is 3.82. The standard InChI is InChI=1S/C20H31NO2/c1-15-13-19(3,4)21-20(5,14-15)12-11-18(23-16(2)22)17-9-7-6-8-10-17/h6-10,15,18,21H,11-14H2,1-5H3. The summed E-state index contributed by atoms with van der Waals surface area (Å²) in [6, 6.07) is 10.1. The molecule has 1 fully saturated rings. The Morgan fingerprint density at radius 1 is 1.26 bits per heavy atom. The Morgan fingerprint density at radius 3 is 2.48 bits per heavy atom. The van der Waals surface area contributed by atoms with Gasteiger partial charge in [-0.25, -0.2) is 0 Å². The number of ether oxygens (including phenoxy) is 1. The maximum atomic E-state index is 11.5. The summed E-state index contributed by atoms with van der Waals surface area (Å²) in [4.78, 5) is 11.5. The molecular weight excluding hydrogens is 286 g/mol. The highest BCUT2D eigenvalue weighted by Gasteiger charge is 2.39. The molecule has 0 aliphatic carbocycles. The number of piperidine rings is 1. The Bertz CT molecular complexity index is 526. The van der Waals surface area contributed by atoms with Crippen molar-refractivity contribution in [2.75, 3.05) is 0 Å². The fourth-order valence-electron chi connectivity index (χ4n) is 4.41. The van der Waals surface area contributed by atoms with Crippen LogP contribution in [-0.2, 0) is 9.53 Å². The van der Waals surface area contributed by atoms with Gasteiger partial charge in [-0.1, -0.05) is 37.3 Å². The van der Waals surface area contributed by atoms with Crippen LogP contribution in [-0.4, -0.2) is 17.0 Å². The fourth-order valence-corrected chi connectivity index (χ4v) is 4.41. The van der Waals surface area contributed by atoms with Crippen LogP contribution in [0.15, 0.2) is 30.3 Å². The molecule has 0 radical (unpaired) electrons. The van der Waals surface area contributed by atoms with Crippen molar-refractivity contribution in [2.45, 2.75) is 77.5 Å². The van der Waals surface area contributed by atoms with Crippen LogP contribution in [0.4, 0.5) is 0 Å². The van der Waals surface area contributed by atoms with Crippen molar-refractivity contribution in [1.82, 2.24) is 5.32 Å². The second kappa shape index (κ2) is 7.04. The topological polar surface area (TPSA) is 38.3 Å². The maximum Gasteiger partial charge on any atom is 0.303 e. The molecule has 23 heavy (non-hydrogen) atoms. The van der Waals surface area contributed by atoms with Gasteiger partial charge in [-0.2, -0.15) is 0 Å². The highest BCUT2D eigenvalue weighted by atomic mass is 16.5. The molecule has 1 N–H and O–H groups in total. The van der Waals surface area contributed by atoms with Gasteiger partial charge in [0.1, 0.15) is 6.10 Å². The van der Waals surface area contributed by atoms with Gasteiger partial charge in [0, 0.05) is 18.0 Å². The van der Waals surface area contributed by atoms with Gasteiger partial charge in [0.25, 0.3) is 0 Å². The number of nitrogens with one attached hydrogen (secondary N) is 1. The van der Waals surface area contributed by atoms with Crippen molar-refractivity contribution in [3.8, 4) is 0 Å². The van der Waals surface area contributed by atoms with Crippen molar-refractivity contribution >= 4 is 5.97 Å². The van der Waals surface area contributed by atoms with E-state index in [9.17, 15) is 4.79 Å². The maximum absolute atomic E-state index is 11.5. The third-order valence-electron chi connectivity index (χ3n) is 4.74. The first kappa shape index (κ1) is 18.0. The molecular formula is C20H31NO2. The van der Waals surface area contributed by atoms with Crippen molar-refractivity contribution in [1.29, 1.82) is 0 Å². The lowest BCUT2D eigenvalue weighted by molar-refractivity contribution is -0.147. The molecule has 1 saturated heterocycles. The smallest absolute Gasteiger partial charge is 0.303 e. The van der Waals surface area contributed by atoms with Crippen molar-refractivity contribution in [3.05, 3.63) is 35.9 Å². The minimum atomic E-state index is -0.214. The zero-order valence-electron chi connectivity index (χ0n) is 15.2. The molecule has 0 spiro atoms. The molecule has 1 aliphatic rings. The average molecular weight is 317 g/mol. The lowest BCUT2D eigenvalue weighted by atomic mass is 9.73. The first-order chi connectivity index (χ1) is 10.7. The molecule has 3 nitrogen and oxygen atoms in total. The Labute approximate surface area is 140 Å². The molecule has 3 unspecified atom stereocenters. The molecule has 1 aliphatic heterocycles. The molecule has 1 heterocycles. The highest BCUT2D eigenvalue weighted by molar-refractivity contribution is 5.66. The summed E-state index contributed by atoms with van der Waals surface area (Å²) in [5.41, 5.74) is 1.33. The Kier molecular flexibility index (Phi) is 5.51. The number of benzene rings is 1. The molecule has 1 aromatic carbocycles. The molecule has 2 rings (SSSR count). The van der Waals surface area contributed by atoms with Crippen molar-refractivity contribution in [3.63, 3.8) is 0 Å². The Morgan fingerprint density at radius 2 is 1.91 bits per heavy atom. The van der Waals surface area contributed by atoms with Crippen LogP contribution >= 0.6 is 0 Å². The van der Waals surface area contributed by atoms with E-state index < -0.39 is 0 Å².